The second-order valence-corrected chi connectivity index (χ2v) is 5.84. The van der Waals surface area contributed by atoms with Crippen molar-refractivity contribution in [1.82, 2.24) is 5.16 Å². The molecule has 0 aliphatic heterocycles. The summed E-state index contributed by atoms with van der Waals surface area (Å²) in [5.74, 6) is 0.416. The molecule has 0 saturated heterocycles. The summed E-state index contributed by atoms with van der Waals surface area (Å²) in [5.41, 5.74) is 6.61. The number of anilines is 2. The summed E-state index contributed by atoms with van der Waals surface area (Å²) in [6, 6.07) is 4.99. The molecule has 1 aromatic heterocycles. The van der Waals surface area contributed by atoms with Gasteiger partial charge in [0.2, 0.25) is 0 Å². The van der Waals surface area contributed by atoms with Crippen LogP contribution < -0.4 is 11.1 Å². The molecule has 0 spiro atoms. The number of nitrogens with zero attached hydrogens (tertiary/aromatic N) is 1. The molecule has 2 rings (SSSR count). The van der Waals surface area contributed by atoms with Gasteiger partial charge in [0.1, 0.15) is 11.3 Å². The van der Waals surface area contributed by atoms with Crippen LogP contribution in [0.5, 0.6) is 0 Å². The molecule has 1 amide bonds. The van der Waals surface area contributed by atoms with E-state index in [9.17, 15) is 4.79 Å². The Labute approximate surface area is 127 Å². The number of carbonyl (C=O) groups is 1. The van der Waals surface area contributed by atoms with Crippen LogP contribution in [0.25, 0.3) is 11.3 Å². The number of nitrogens with one attached hydrogen (secondary N) is 1. The number of aromatic nitrogens is 1. The molecule has 0 aliphatic carbocycles. The first-order chi connectivity index (χ1) is 9.76. The van der Waals surface area contributed by atoms with E-state index in [0.717, 1.165) is 0 Å². The predicted octanol–water partition coefficient (Wildman–Crippen LogP) is 3.92. The normalized spacial score (nSPS) is 11.2. The zero-order valence-corrected chi connectivity index (χ0v) is 12.7. The summed E-state index contributed by atoms with van der Waals surface area (Å²) in [6.45, 7) is 5.33. The number of rotatable bonds is 2. The number of benzene rings is 1. The number of carbonyl (C=O) groups excluding carboxylic acids is 1. The lowest BCUT2D eigenvalue weighted by Gasteiger charge is -2.20. The molecular formula is C14H16ClN3O3. The lowest BCUT2D eigenvalue weighted by Crippen LogP contribution is -2.27. The van der Waals surface area contributed by atoms with Crippen molar-refractivity contribution in [1.29, 1.82) is 0 Å². The highest BCUT2D eigenvalue weighted by atomic mass is 35.5. The Balaban J connectivity index is 2.24. The van der Waals surface area contributed by atoms with Crippen molar-refractivity contribution >= 4 is 29.1 Å². The van der Waals surface area contributed by atoms with E-state index in [4.69, 9.17) is 26.6 Å². The Morgan fingerprint density at radius 2 is 2.14 bits per heavy atom. The standard InChI is InChI=1S/C14H16ClN3O3/c1-14(2,3)20-13(19)18-11-6-8(4-5-9(11)15)12-10(16)7-17-21-12/h4-7H,16H2,1-3H3,(H,18,19). The number of ether oxygens (including phenoxy) is 1. The van der Waals surface area contributed by atoms with Crippen LogP contribution in [0.1, 0.15) is 20.8 Å². The number of hydrogen-bond acceptors (Lipinski definition) is 5. The maximum Gasteiger partial charge on any atom is 0.412 e. The Bertz CT molecular complexity index is 662. The van der Waals surface area contributed by atoms with E-state index >= 15 is 0 Å². The van der Waals surface area contributed by atoms with E-state index in [-0.39, 0.29) is 0 Å². The van der Waals surface area contributed by atoms with Gasteiger partial charge >= 0.3 is 6.09 Å². The van der Waals surface area contributed by atoms with Crippen molar-refractivity contribution in [3.63, 3.8) is 0 Å². The fourth-order valence-corrected chi connectivity index (χ4v) is 1.81. The zero-order chi connectivity index (χ0) is 15.6. The highest BCUT2D eigenvalue weighted by Crippen LogP contribution is 2.31. The van der Waals surface area contributed by atoms with Crippen LogP contribution in [-0.2, 0) is 4.74 Å². The largest absolute Gasteiger partial charge is 0.444 e. The first-order valence-electron chi connectivity index (χ1n) is 6.26. The van der Waals surface area contributed by atoms with Gasteiger partial charge in [-0.2, -0.15) is 0 Å². The molecule has 3 N–H and O–H groups in total. The van der Waals surface area contributed by atoms with Gasteiger partial charge in [-0.25, -0.2) is 4.79 Å². The summed E-state index contributed by atoms with van der Waals surface area (Å²) in [6.07, 6.45) is 0.817. The van der Waals surface area contributed by atoms with E-state index in [1.165, 1.54) is 6.20 Å². The summed E-state index contributed by atoms with van der Waals surface area (Å²) in [5, 5.41) is 6.58. The van der Waals surface area contributed by atoms with Crippen molar-refractivity contribution < 1.29 is 14.1 Å². The first-order valence-corrected chi connectivity index (χ1v) is 6.64. The van der Waals surface area contributed by atoms with Gasteiger partial charge in [-0.3, -0.25) is 5.32 Å². The van der Waals surface area contributed by atoms with E-state index in [1.54, 1.807) is 39.0 Å². The van der Waals surface area contributed by atoms with E-state index in [1.807, 2.05) is 0 Å². The third-order valence-electron chi connectivity index (χ3n) is 2.46. The minimum absolute atomic E-state index is 0.377. The average Bonchev–Trinajstić information content (AvgIpc) is 2.76. The van der Waals surface area contributed by atoms with Crippen molar-refractivity contribution in [3.8, 4) is 11.3 Å². The first kappa shape index (κ1) is 15.2. The van der Waals surface area contributed by atoms with Gasteiger partial charge in [-0.05, 0) is 39.0 Å². The number of nitrogen functional groups attached to an aromatic ring is 1. The lowest BCUT2D eigenvalue weighted by atomic mass is 10.1. The van der Waals surface area contributed by atoms with Crippen LogP contribution in [0.4, 0.5) is 16.2 Å². The van der Waals surface area contributed by atoms with Crippen molar-refractivity contribution in [2.45, 2.75) is 26.4 Å². The monoisotopic (exact) mass is 309 g/mol. The second kappa shape index (κ2) is 5.65. The minimum atomic E-state index is -0.594. The maximum absolute atomic E-state index is 11.8. The zero-order valence-electron chi connectivity index (χ0n) is 11.9. The molecule has 1 heterocycles. The van der Waals surface area contributed by atoms with Crippen LogP contribution in [-0.4, -0.2) is 16.9 Å². The highest BCUT2D eigenvalue weighted by Gasteiger charge is 2.18. The minimum Gasteiger partial charge on any atom is -0.444 e. The second-order valence-electron chi connectivity index (χ2n) is 5.43. The van der Waals surface area contributed by atoms with Gasteiger partial charge in [-0.15, -0.1) is 0 Å². The summed E-state index contributed by atoms with van der Waals surface area (Å²) >= 11 is 6.06. The molecule has 0 fully saturated rings. The number of nitrogens with two attached hydrogens (primary N) is 1. The van der Waals surface area contributed by atoms with Crippen LogP contribution in [0.2, 0.25) is 5.02 Å². The molecule has 0 bridgehead atoms. The van der Waals surface area contributed by atoms with Gasteiger partial charge in [-0.1, -0.05) is 16.8 Å². The molecular weight excluding hydrogens is 294 g/mol. The predicted molar refractivity (Wildman–Crippen MR) is 81.2 cm³/mol. The molecule has 1 aromatic carbocycles. The van der Waals surface area contributed by atoms with Gasteiger partial charge < -0.3 is 15.0 Å². The summed E-state index contributed by atoms with van der Waals surface area (Å²) in [7, 11) is 0. The SMILES string of the molecule is CC(C)(C)OC(=O)Nc1cc(-c2oncc2N)ccc1Cl. The third kappa shape index (κ3) is 3.88. The molecule has 0 saturated carbocycles. The van der Waals surface area contributed by atoms with Gasteiger partial charge in [0.25, 0.3) is 0 Å². The molecule has 0 aliphatic rings. The molecule has 0 unspecified atom stereocenters. The fraction of sp³-hybridized carbons (Fsp3) is 0.286. The number of amides is 1. The smallest absolute Gasteiger partial charge is 0.412 e. The summed E-state index contributed by atoms with van der Waals surface area (Å²) < 4.78 is 10.3. The molecule has 0 radical (unpaired) electrons. The van der Waals surface area contributed by atoms with E-state index < -0.39 is 11.7 Å². The third-order valence-corrected chi connectivity index (χ3v) is 2.79. The Morgan fingerprint density at radius 3 is 2.71 bits per heavy atom. The van der Waals surface area contributed by atoms with Crippen LogP contribution in [0.15, 0.2) is 28.9 Å². The highest BCUT2D eigenvalue weighted by molar-refractivity contribution is 6.33. The Kier molecular flexibility index (Phi) is 4.09. The van der Waals surface area contributed by atoms with Crippen LogP contribution in [0, 0.1) is 0 Å². The van der Waals surface area contributed by atoms with E-state index in [0.29, 0.717) is 27.7 Å². The van der Waals surface area contributed by atoms with Crippen LogP contribution in [0.3, 0.4) is 0 Å². The Hall–Kier alpha value is -2.21. The van der Waals surface area contributed by atoms with E-state index in [2.05, 4.69) is 10.5 Å². The van der Waals surface area contributed by atoms with Crippen molar-refractivity contribution in [3.05, 3.63) is 29.4 Å². The van der Waals surface area contributed by atoms with Crippen molar-refractivity contribution in [2.75, 3.05) is 11.1 Å². The maximum atomic E-state index is 11.8. The van der Waals surface area contributed by atoms with Gasteiger partial charge in [0.15, 0.2) is 5.76 Å². The summed E-state index contributed by atoms with van der Waals surface area (Å²) in [4.78, 5) is 11.8. The van der Waals surface area contributed by atoms with Gasteiger partial charge in [0.05, 0.1) is 16.9 Å². The molecule has 7 heteroatoms. The topological polar surface area (TPSA) is 90.4 Å². The fourth-order valence-electron chi connectivity index (χ4n) is 1.64. The number of hydrogen-bond donors (Lipinski definition) is 2. The Morgan fingerprint density at radius 1 is 1.43 bits per heavy atom. The molecule has 6 nitrogen and oxygen atoms in total. The number of halogens is 1. The molecule has 0 atom stereocenters. The quantitative estimate of drug-likeness (QED) is 0.877. The lowest BCUT2D eigenvalue weighted by molar-refractivity contribution is 0.0636. The molecule has 2 aromatic rings. The molecule has 112 valence electrons. The van der Waals surface area contributed by atoms with Crippen LogP contribution >= 0.6 is 11.6 Å². The average molecular weight is 310 g/mol. The van der Waals surface area contributed by atoms with Crippen molar-refractivity contribution in [2.24, 2.45) is 0 Å². The van der Waals surface area contributed by atoms with Gasteiger partial charge in [0, 0.05) is 5.56 Å². The molecule has 21 heavy (non-hydrogen) atoms.